The molecule has 0 amide bonds. The second-order valence-corrected chi connectivity index (χ2v) is 8.16. The Kier molecular flexibility index (Phi) is 5.10. The van der Waals surface area contributed by atoms with Gasteiger partial charge in [-0.25, -0.2) is 9.67 Å². The smallest absolute Gasteiger partial charge is 0.417 e. The largest absolute Gasteiger partial charge is 0.465 e. The molecule has 1 fully saturated rings. The van der Waals surface area contributed by atoms with Gasteiger partial charge in [0, 0.05) is 10.8 Å². The summed E-state index contributed by atoms with van der Waals surface area (Å²) in [4.78, 5) is 18.2. The highest BCUT2D eigenvalue weighted by Gasteiger charge is 2.39. The molecular weight excluding hydrogens is 403 g/mol. The van der Waals surface area contributed by atoms with E-state index in [4.69, 9.17) is 4.74 Å². The Labute approximate surface area is 169 Å². The van der Waals surface area contributed by atoms with Gasteiger partial charge in [0.1, 0.15) is 6.54 Å². The van der Waals surface area contributed by atoms with Crippen molar-refractivity contribution in [3.05, 3.63) is 34.3 Å². The number of nitrogens with zero attached hydrogens (tertiary/aromatic N) is 3. The number of hydrogen-bond donors (Lipinski definition) is 0. The maximum atomic E-state index is 14.0. The lowest BCUT2D eigenvalue weighted by Gasteiger charge is -2.11. The van der Waals surface area contributed by atoms with E-state index >= 15 is 0 Å². The van der Waals surface area contributed by atoms with Crippen molar-refractivity contribution in [2.45, 2.75) is 51.7 Å². The monoisotopic (exact) mass is 423 g/mol. The van der Waals surface area contributed by atoms with Gasteiger partial charge in [0.2, 0.25) is 0 Å². The summed E-state index contributed by atoms with van der Waals surface area (Å²) in [6, 6.07) is 4.78. The molecule has 3 aromatic heterocycles. The molecular formula is C20H20F3N3O2S. The van der Waals surface area contributed by atoms with Crippen LogP contribution in [-0.2, 0) is 28.7 Å². The Morgan fingerprint density at radius 2 is 2.07 bits per heavy atom. The molecule has 5 nitrogen and oxygen atoms in total. The molecule has 154 valence electrons. The van der Waals surface area contributed by atoms with Crippen LogP contribution in [0.1, 0.15) is 48.7 Å². The lowest BCUT2D eigenvalue weighted by atomic mass is 10.1. The van der Waals surface area contributed by atoms with Crippen molar-refractivity contribution < 1.29 is 22.7 Å². The summed E-state index contributed by atoms with van der Waals surface area (Å²) in [5.74, 6) is -0.576. The summed E-state index contributed by atoms with van der Waals surface area (Å²) in [5.41, 5.74) is -0.0600. The van der Waals surface area contributed by atoms with Gasteiger partial charge < -0.3 is 4.74 Å². The third kappa shape index (κ3) is 3.88. The third-order valence-corrected chi connectivity index (χ3v) is 6.10. The SMILES string of the molecule is CCOC(=O)Cn1nc(C2CC2)c2c(C(F)(F)F)cc(-c3ccc(CC)s3)nc21. The Hall–Kier alpha value is -2.42. The van der Waals surface area contributed by atoms with Gasteiger partial charge in [-0.3, -0.25) is 4.79 Å². The standard InChI is InChI=1S/C20H20F3N3O2S/c1-3-12-7-8-15(29-12)14-9-13(20(21,22)23)17-18(11-5-6-11)25-26(19(17)24-14)10-16(27)28-4-2/h7-9,11H,3-6,10H2,1-2H3. The van der Waals surface area contributed by atoms with Crippen molar-refractivity contribution in [2.75, 3.05) is 6.61 Å². The van der Waals surface area contributed by atoms with Gasteiger partial charge in [-0.05, 0) is 44.4 Å². The van der Waals surface area contributed by atoms with Gasteiger partial charge in [0.05, 0.1) is 33.8 Å². The van der Waals surface area contributed by atoms with Crippen molar-refractivity contribution in [3.63, 3.8) is 0 Å². The molecule has 0 atom stereocenters. The maximum Gasteiger partial charge on any atom is 0.417 e. The molecule has 1 saturated carbocycles. The van der Waals surface area contributed by atoms with Crippen molar-refractivity contribution in [3.8, 4) is 10.6 Å². The van der Waals surface area contributed by atoms with Gasteiger partial charge in [-0.15, -0.1) is 11.3 Å². The highest BCUT2D eigenvalue weighted by atomic mass is 32.1. The van der Waals surface area contributed by atoms with Crippen molar-refractivity contribution >= 4 is 28.3 Å². The minimum atomic E-state index is -4.55. The number of pyridine rings is 1. The lowest BCUT2D eigenvalue weighted by Crippen LogP contribution is -2.15. The van der Waals surface area contributed by atoms with Crippen LogP contribution in [0, 0.1) is 0 Å². The highest BCUT2D eigenvalue weighted by molar-refractivity contribution is 7.15. The minimum Gasteiger partial charge on any atom is -0.465 e. The zero-order valence-electron chi connectivity index (χ0n) is 16.0. The van der Waals surface area contributed by atoms with Crippen molar-refractivity contribution in [2.24, 2.45) is 0 Å². The molecule has 0 aliphatic heterocycles. The number of alkyl halides is 3. The molecule has 29 heavy (non-hydrogen) atoms. The first-order valence-electron chi connectivity index (χ1n) is 9.55. The number of carbonyl (C=O) groups is 1. The number of aromatic nitrogens is 3. The molecule has 0 saturated heterocycles. The summed E-state index contributed by atoms with van der Waals surface area (Å²) in [7, 11) is 0. The molecule has 0 unspecified atom stereocenters. The summed E-state index contributed by atoms with van der Waals surface area (Å²) >= 11 is 1.42. The number of ether oxygens (including phenoxy) is 1. The fourth-order valence-electron chi connectivity index (χ4n) is 3.34. The van der Waals surface area contributed by atoms with Gasteiger partial charge in [-0.2, -0.15) is 18.3 Å². The first-order valence-corrected chi connectivity index (χ1v) is 10.4. The fourth-order valence-corrected chi connectivity index (χ4v) is 4.24. The summed E-state index contributed by atoms with van der Waals surface area (Å²) in [5, 5.41) is 4.36. The molecule has 0 N–H and O–H groups in total. The number of carbonyl (C=O) groups excluding carboxylic acids is 1. The summed E-state index contributed by atoms with van der Waals surface area (Å²) in [6.07, 6.45) is -2.18. The molecule has 1 aliphatic carbocycles. The number of rotatable bonds is 6. The van der Waals surface area contributed by atoms with Crippen LogP contribution in [-0.4, -0.2) is 27.3 Å². The number of thiophene rings is 1. The van der Waals surface area contributed by atoms with Crippen molar-refractivity contribution in [1.82, 2.24) is 14.8 Å². The van der Waals surface area contributed by atoms with Gasteiger partial charge in [-0.1, -0.05) is 6.92 Å². The van der Waals surface area contributed by atoms with Crippen LogP contribution in [0.5, 0.6) is 0 Å². The van der Waals surface area contributed by atoms with E-state index in [1.54, 1.807) is 13.0 Å². The molecule has 0 radical (unpaired) electrons. The van der Waals surface area contributed by atoms with Crippen LogP contribution in [0.15, 0.2) is 18.2 Å². The first-order chi connectivity index (χ1) is 13.8. The number of fused-ring (bicyclic) bond motifs is 1. The number of esters is 1. The van der Waals surface area contributed by atoms with E-state index < -0.39 is 17.7 Å². The molecule has 9 heteroatoms. The Balaban J connectivity index is 1.94. The number of aryl methyl sites for hydroxylation is 1. The van der Waals surface area contributed by atoms with E-state index in [2.05, 4.69) is 10.1 Å². The predicted octanol–water partition coefficient (Wildman–Crippen LogP) is 5.18. The van der Waals surface area contributed by atoms with Gasteiger partial charge in [0.25, 0.3) is 0 Å². The van der Waals surface area contributed by atoms with Crippen LogP contribution >= 0.6 is 11.3 Å². The zero-order valence-corrected chi connectivity index (χ0v) is 16.9. The molecule has 3 aromatic rings. The van der Waals surface area contributed by atoms with E-state index in [1.165, 1.54) is 16.0 Å². The second kappa shape index (κ2) is 7.44. The van der Waals surface area contributed by atoms with E-state index in [0.717, 1.165) is 30.2 Å². The first kappa shape index (κ1) is 19.9. The number of halogens is 3. The Bertz CT molecular complexity index is 1070. The van der Waals surface area contributed by atoms with Crippen LogP contribution in [0.25, 0.3) is 21.6 Å². The lowest BCUT2D eigenvalue weighted by molar-refractivity contribution is -0.144. The average molecular weight is 423 g/mol. The number of hydrogen-bond acceptors (Lipinski definition) is 5. The molecule has 4 rings (SSSR count). The zero-order chi connectivity index (χ0) is 20.8. The molecule has 0 aromatic carbocycles. The average Bonchev–Trinajstić information content (AvgIpc) is 3.28. The van der Waals surface area contributed by atoms with E-state index in [0.29, 0.717) is 10.6 Å². The van der Waals surface area contributed by atoms with Crippen LogP contribution in [0.3, 0.4) is 0 Å². The van der Waals surface area contributed by atoms with E-state index in [9.17, 15) is 18.0 Å². The summed E-state index contributed by atoms with van der Waals surface area (Å²) < 4.78 is 48.2. The van der Waals surface area contributed by atoms with Crippen LogP contribution < -0.4 is 0 Å². The maximum absolute atomic E-state index is 14.0. The Morgan fingerprint density at radius 3 is 2.66 bits per heavy atom. The minimum absolute atomic E-state index is 0.000296. The van der Waals surface area contributed by atoms with Gasteiger partial charge >= 0.3 is 12.1 Å². The molecule has 3 heterocycles. The highest BCUT2D eigenvalue weighted by Crippen LogP contribution is 2.46. The van der Waals surface area contributed by atoms with Crippen LogP contribution in [0.2, 0.25) is 0 Å². The molecule has 0 bridgehead atoms. The molecule has 1 aliphatic rings. The van der Waals surface area contributed by atoms with Crippen molar-refractivity contribution in [1.29, 1.82) is 0 Å². The quantitative estimate of drug-likeness (QED) is 0.513. The predicted molar refractivity (Wildman–Crippen MR) is 104 cm³/mol. The normalized spacial score (nSPS) is 14.5. The third-order valence-electron chi connectivity index (χ3n) is 4.85. The molecule has 0 spiro atoms. The summed E-state index contributed by atoms with van der Waals surface area (Å²) in [6.45, 7) is 3.59. The second-order valence-electron chi connectivity index (χ2n) is 6.99. The fraction of sp³-hybridized carbons (Fsp3) is 0.450. The van der Waals surface area contributed by atoms with Gasteiger partial charge in [0.15, 0.2) is 5.65 Å². The van der Waals surface area contributed by atoms with Crippen LogP contribution in [0.4, 0.5) is 13.2 Å². The Morgan fingerprint density at radius 1 is 1.31 bits per heavy atom. The van der Waals surface area contributed by atoms with E-state index in [1.807, 2.05) is 13.0 Å². The van der Waals surface area contributed by atoms with E-state index in [-0.39, 0.29) is 35.8 Å². The topological polar surface area (TPSA) is 57.0 Å².